The van der Waals surface area contributed by atoms with E-state index in [9.17, 15) is 24.6 Å². The second kappa shape index (κ2) is 10.8. The minimum absolute atomic E-state index is 0.115. The Labute approximate surface area is 189 Å². The highest BCUT2D eigenvalue weighted by molar-refractivity contribution is 6.00. The Morgan fingerprint density at radius 1 is 1.12 bits per heavy atom. The van der Waals surface area contributed by atoms with Crippen LogP contribution in [-0.4, -0.2) is 58.7 Å². The number of carbonyl (C=O) groups excluding carboxylic acids is 2. The van der Waals surface area contributed by atoms with Gasteiger partial charge in [0.15, 0.2) is 5.96 Å². The molecule has 1 unspecified atom stereocenters. The number of carbonyl (C=O) groups is 3. The number of rotatable bonds is 8. The maximum Gasteiger partial charge on any atom is 0.305 e. The van der Waals surface area contributed by atoms with Crippen LogP contribution in [0, 0.1) is 0 Å². The van der Waals surface area contributed by atoms with Gasteiger partial charge in [-0.15, -0.1) is 0 Å². The number of carboxylic acid groups (broad SMARTS) is 1. The van der Waals surface area contributed by atoms with Gasteiger partial charge in [-0.25, -0.2) is 0 Å². The second-order valence-corrected chi connectivity index (χ2v) is 7.36. The smallest absolute Gasteiger partial charge is 0.305 e. The van der Waals surface area contributed by atoms with Crippen LogP contribution in [0.15, 0.2) is 47.5 Å². The quantitative estimate of drug-likeness (QED) is 0.308. The molecule has 0 aromatic heterocycles. The fraction of sp³-hybridized carbons (Fsp3) is 0.273. The topological polar surface area (TPSA) is 172 Å². The van der Waals surface area contributed by atoms with Gasteiger partial charge in [0, 0.05) is 36.0 Å². The number of nitrogens with one attached hydrogen (secondary N) is 4. The average molecular weight is 455 g/mol. The first-order valence-corrected chi connectivity index (χ1v) is 10.3. The molecule has 3 rings (SSSR count). The Morgan fingerprint density at radius 3 is 2.61 bits per heavy atom. The van der Waals surface area contributed by atoms with Crippen LogP contribution < -0.4 is 21.3 Å². The standard InChI is InChI=1S/C22H25N5O6/c28-15-9-13(8-14(10-15)26-22-23-6-3-7-24-22)21(33)25-12-19(30)27-17(11-20(31)32)16-4-1-2-5-18(16)29/h1-2,4-5,8-10,17,28-29H,3,6-7,11-12H2,(H,25,33)(H,27,30)(H,31,32)(H2,23,24,26). The molecular weight excluding hydrogens is 430 g/mol. The molecule has 7 N–H and O–H groups in total. The number of hydrogen-bond donors (Lipinski definition) is 7. The van der Waals surface area contributed by atoms with Crippen LogP contribution in [0.2, 0.25) is 0 Å². The van der Waals surface area contributed by atoms with Gasteiger partial charge in [-0.3, -0.25) is 19.4 Å². The summed E-state index contributed by atoms with van der Waals surface area (Å²) in [5, 5.41) is 40.1. The molecule has 174 valence electrons. The third-order valence-electron chi connectivity index (χ3n) is 4.78. The van der Waals surface area contributed by atoms with E-state index >= 15 is 0 Å². The first kappa shape index (κ1) is 23.4. The van der Waals surface area contributed by atoms with Crippen molar-refractivity contribution in [2.24, 2.45) is 4.99 Å². The largest absolute Gasteiger partial charge is 0.508 e. The summed E-state index contributed by atoms with van der Waals surface area (Å²) in [4.78, 5) is 40.3. The van der Waals surface area contributed by atoms with Crippen molar-refractivity contribution in [1.29, 1.82) is 0 Å². The zero-order valence-electron chi connectivity index (χ0n) is 17.7. The van der Waals surface area contributed by atoms with Crippen molar-refractivity contribution in [3.8, 4) is 11.5 Å². The molecule has 2 aromatic rings. The second-order valence-electron chi connectivity index (χ2n) is 7.36. The molecule has 1 heterocycles. The van der Waals surface area contributed by atoms with Crippen molar-refractivity contribution in [1.82, 2.24) is 16.0 Å². The van der Waals surface area contributed by atoms with Gasteiger partial charge in [0.25, 0.3) is 5.91 Å². The molecule has 2 amide bonds. The van der Waals surface area contributed by atoms with E-state index in [1.54, 1.807) is 12.1 Å². The predicted octanol–water partition coefficient (Wildman–Crippen LogP) is 0.921. The van der Waals surface area contributed by atoms with E-state index in [0.717, 1.165) is 13.0 Å². The molecule has 11 nitrogen and oxygen atoms in total. The first-order chi connectivity index (χ1) is 15.8. The Hall–Kier alpha value is -4.28. The van der Waals surface area contributed by atoms with E-state index in [1.807, 2.05) is 0 Å². The van der Waals surface area contributed by atoms with E-state index in [-0.39, 0.29) is 22.6 Å². The SMILES string of the molecule is O=C(O)CC(NC(=O)CNC(=O)c1cc(O)cc(NC2=NCCCN2)c1)c1ccccc1O. The monoisotopic (exact) mass is 455 g/mol. The molecule has 0 spiro atoms. The van der Waals surface area contributed by atoms with Gasteiger partial charge >= 0.3 is 5.97 Å². The van der Waals surface area contributed by atoms with Crippen LogP contribution in [0.3, 0.4) is 0 Å². The van der Waals surface area contributed by atoms with Gasteiger partial charge in [-0.05, 0) is 24.6 Å². The maximum absolute atomic E-state index is 12.5. The van der Waals surface area contributed by atoms with E-state index in [1.165, 1.54) is 30.3 Å². The van der Waals surface area contributed by atoms with Crippen LogP contribution in [-0.2, 0) is 9.59 Å². The minimum Gasteiger partial charge on any atom is -0.508 e. The number of guanidine groups is 1. The zero-order valence-corrected chi connectivity index (χ0v) is 17.7. The summed E-state index contributed by atoms with van der Waals surface area (Å²) in [6, 6.07) is 9.30. The van der Waals surface area contributed by atoms with Crippen molar-refractivity contribution < 1.29 is 29.7 Å². The number of hydrogen-bond acceptors (Lipinski definition) is 8. The van der Waals surface area contributed by atoms with Gasteiger partial charge in [0.2, 0.25) is 5.91 Å². The summed E-state index contributed by atoms with van der Waals surface area (Å²) < 4.78 is 0. The molecule has 1 aliphatic rings. The Kier molecular flexibility index (Phi) is 7.68. The van der Waals surface area contributed by atoms with Crippen LogP contribution in [0.5, 0.6) is 11.5 Å². The molecule has 0 radical (unpaired) electrons. The molecule has 1 atom stereocenters. The molecule has 0 aliphatic carbocycles. The summed E-state index contributed by atoms with van der Waals surface area (Å²) in [7, 11) is 0. The molecule has 1 aliphatic heterocycles. The number of aromatic hydroxyl groups is 2. The number of aliphatic imine (C=N–C) groups is 1. The fourth-order valence-corrected chi connectivity index (χ4v) is 3.27. The lowest BCUT2D eigenvalue weighted by Crippen LogP contribution is -2.39. The van der Waals surface area contributed by atoms with Crippen molar-refractivity contribution >= 4 is 29.4 Å². The lowest BCUT2D eigenvalue weighted by Gasteiger charge is -2.19. The molecule has 0 saturated heterocycles. The number of nitrogens with zero attached hydrogens (tertiary/aromatic N) is 1. The Morgan fingerprint density at radius 2 is 1.91 bits per heavy atom. The Balaban J connectivity index is 1.62. The van der Waals surface area contributed by atoms with E-state index < -0.39 is 36.8 Å². The third kappa shape index (κ3) is 6.86. The van der Waals surface area contributed by atoms with Crippen LogP contribution in [0.4, 0.5) is 5.69 Å². The third-order valence-corrected chi connectivity index (χ3v) is 4.78. The summed E-state index contributed by atoms with van der Waals surface area (Å²) in [5.41, 5.74) is 0.811. The minimum atomic E-state index is -1.16. The van der Waals surface area contributed by atoms with Gasteiger partial charge in [-0.2, -0.15) is 0 Å². The number of phenols is 2. The maximum atomic E-state index is 12.5. The summed E-state index contributed by atoms with van der Waals surface area (Å²) in [5.74, 6) is -2.18. The number of carboxylic acids is 1. The number of para-hydroxylation sites is 1. The van der Waals surface area contributed by atoms with Crippen LogP contribution in [0.25, 0.3) is 0 Å². The van der Waals surface area contributed by atoms with Gasteiger partial charge in [0.05, 0.1) is 19.0 Å². The molecule has 11 heteroatoms. The number of benzene rings is 2. The lowest BCUT2D eigenvalue weighted by atomic mass is 10.0. The van der Waals surface area contributed by atoms with Gasteiger partial charge in [0.1, 0.15) is 11.5 Å². The number of anilines is 1. The molecule has 0 bridgehead atoms. The molecule has 0 fully saturated rings. The average Bonchev–Trinajstić information content (AvgIpc) is 2.77. The van der Waals surface area contributed by atoms with Crippen molar-refractivity contribution in [3.05, 3.63) is 53.6 Å². The molecule has 33 heavy (non-hydrogen) atoms. The van der Waals surface area contributed by atoms with Gasteiger partial charge in [-0.1, -0.05) is 18.2 Å². The van der Waals surface area contributed by atoms with Crippen LogP contribution in [0.1, 0.15) is 34.8 Å². The highest BCUT2D eigenvalue weighted by Gasteiger charge is 2.21. The van der Waals surface area contributed by atoms with Gasteiger partial charge < -0.3 is 36.6 Å². The molecular formula is C22H25N5O6. The lowest BCUT2D eigenvalue weighted by molar-refractivity contribution is -0.137. The van der Waals surface area contributed by atoms with Crippen LogP contribution >= 0.6 is 0 Å². The van der Waals surface area contributed by atoms with E-state index in [2.05, 4.69) is 26.3 Å². The fourth-order valence-electron chi connectivity index (χ4n) is 3.27. The predicted molar refractivity (Wildman–Crippen MR) is 120 cm³/mol. The number of phenolic OH excluding ortho intramolecular Hbond substituents is 2. The molecule has 2 aromatic carbocycles. The van der Waals surface area contributed by atoms with E-state index in [0.29, 0.717) is 18.2 Å². The van der Waals surface area contributed by atoms with Crippen molar-refractivity contribution in [2.45, 2.75) is 18.9 Å². The summed E-state index contributed by atoms with van der Waals surface area (Å²) in [6.07, 6.45) is 0.467. The number of amides is 2. The highest BCUT2D eigenvalue weighted by Crippen LogP contribution is 2.26. The normalized spacial score (nSPS) is 13.8. The number of aliphatic carboxylic acids is 1. The summed E-state index contributed by atoms with van der Waals surface area (Å²) >= 11 is 0. The summed E-state index contributed by atoms with van der Waals surface area (Å²) in [6.45, 7) is 0.992. The Bertz CT molecular complexity index is 1070. The van der Waals surface area contributed by atoms with Crippen molar-refractivity contribution in [3.63, 3.8) is 0 Å². The zero-order chi connectivity index (χ0) is 23.8. The molecule has 0 saturated carbocycles. The van der Waals surface area contributed by atoms with Crippen molar-refractivity contribution in [2.75, 3.05) is 25.0 Å². The highest BCUT2D eigenvalue weighted by atomic mass is 16.4. The van der Waals surface area contributed by atoms with E-state index in [4.69, 9.17) is 5.11 Å². The first-order valence-electron chi connectivity index (χ1n) is 10.3.